The third-order valence-electron chi connectivity index (χ3n) is 10.8. The van der Waals surface area contributed by atoms with Gasteiger partial charge in [0.05, 0.1) is 0 Å². The summed E-state index contributed by atoms with van der Waals surface area (Å²) in [5.74, 6) is 1.17. The molecular weight excluding hydrogens is 649 g/mol. The van der Waals surface area contributed by atoms with Crippen LogP contribution in [0.3, 0.4) is 0 Å². The molecule has 0 atom stereocenters. The van der Waals surface area contributed by atoms with Crippen molar-refractivity contribution >= 4 is 109 Å². The topological polar surface area (TPSA) is 26.3 Å². The molecular formula is C46H26O2S2. The molecule has 0 spiro atoms. The lowest BCUT2D eigenvalue weighted by molar-refractivity contribution is 0.664. The van der Waals surface area contributed by atoms with Crippen LogP contribution in [0.25, 0.3) is 108 Å². The first kappa shape index (κ1) is 27.3. The van der Waals surface area contributed by atoms with Crippen molar-refractivity contribution in [1.82, 2.24) is 0 Å². The lowest BCUT2D eigenvalue weighted by Gasteiger charge is -2.18. The summed E-state index contributed by atoms with van der Waals surface area (Å²) in [5.41, 5.74) is 9.95. The minimum atomic E-state index is 0.873. The first-order chi connectivity index (χ1) is 24.8. The van der Waals surface area contributed by atoms with Crippen molar-refractivity contribution < 1.29 is 8.83 Å². The van der Waals surface area contributed by atoms with E-state index in [9.17, 15) is 0 Å². The fourth-order valence-corrected chi connectivity index (χ4v) is 11.3. The number of thioether (sulfide) groups is 1. The fourth-order valence-electron chi connectivity index (χ4n) is 8.65. The molecule has 11 aromatic rings. The van der Waals surface area contributed by atoms with Gasteiger partial charge in [-0.15, -0.1) is 23.1 Å². The number of aryl methyl sites for hydroxylation is 1. The first-order valence-electron chi connectivity index (χ1n) is 17.1. The third-order valence-corrected chi connectivity index (χ3v) is 13.3. The number of para-hydroxylation sites is 2. The summed E-state index contributed by atoms with van der Waals surface area (Å²) in [4.78, 5) is 1.49. The molecule has 0 bridgehead atoms. The van der Waals surface area contributed by atoms with Gasteiger partial charge in [0.1, 0.15) is 22.3 Å². The quantitative estimate of drug-likeness (QED) is 0.171. The number of hydrogen-bond donors (Lipinski definition) is 0. The van der Waals surface area contributed by atoms with Crippen LogP contribution in [0.4, 0.5) is 0 Å². The largest absolute Gasteiger partial charge is 0.456 e. The Kier molecular flexibility index (Phi) is 5.46. The summed E-state index contributed by atoms with van der Waals surface area (Å²) in [6.07, 6.45) is 1.16. The lowest BCUT2D eigenvalue weighted by Crippen LogP contribution is -1.91. The number of benzene rings is 8. The van der Waals surface area contributed by atoms with E-state index in [4.69, 9.17) is 8.83 Å². The molecule has 4 heterocycles. The van der Waals surface area contributed by atoms with Gasteiger partial charge in [0, 0.05) is 63.5 Å². The van der Waals surface area contributed by atoms with Gasteiger partial charge in [0.25, 0.3) is 0 Å². The first-order valence-corrected chi connectivity index (χ1v) is 18.9. The molecule has 2 nitrogen and oxygen atoms in total. The van der Waals surface area contributed by atoms with Crippen molar-refractivity contribution in [2.24, 2.45) is 0 Å². The second kappa shape index (κ2) is 10.0. The van der Waals surface area contributed by atoms with Crippen molar-refractivity contribution in [3.05, 3.63) is 139 Å². The minimum absolute atomic E-state index is 0.873. The van der Waals surface area contributed by atoms with Crippen molar-refractivity contribution in [3.63, 3.8) is 0 Å². The van der Waals surface area contributed by atoms with E-state index in [1.807, 2.05) is 35.2 Å². The second-order valence-corrected chi connectivity index (χ2v) is 15.5. The summed E-state index contributed by atoms with van der Waals surface area (Å²) in [5, 5.41) is 12.0. The fraction of sp³-hybridized carbons (Fsp3) is 0.0435. The van der Waals surface area contributed by atoms with Gasteiger partial charge < -0.3 is 8.83 Å². The Bertz CT molecular complexity index is 3190. The predicted molar refractivity (Wildman–Crippen MR) is 214 cm³/mol. The molecule has 0 unspecified atom stereocenters. The zero-order valence-electron chi connectivity index (χ0n) is 26.7. The lowest BCUT2D eigenvalue weighted by atomic mass is 9.84. The Morgan fingerprint density at radius 2 is 1.08 bits per heavy atom. The van der Waals surface area contributed by atoms with Crippen LogP contribution in [0.5, 0.6) is 0 Å². The molecule has 0 N–H and O–H groups in total. The van der Waals surface area contributed by atoms with Gasteiger partial charge in [-0.05, 0) is 68.9 Å². The number of fused-ring (bicyclic) bond motifs is 13. The van der Waals surface area contributed by atoms with Crippen LogP contribution in [0.1, 0.15) is 5.56 Å². The van der Waals surface area contributed by atoms with E-state index < -0.39 is 0 Å². The van der Waals surface area contributed by atoms with E-state index in [2.05, 4.69) is 121 Å². The minimum Gasteiger partial charge on any atom is -0.456 e. The van der Waals surface area contributed by atoms with E-state index >= 15 is 0 Å². The highest BCUT2D eigenvalue weighted by Gasteiger charge is 2.24. The molecule has 234 valence electrons. The van der Waals surface area contributed by atoms with Crippen LogP contribution in [0.15, 0.2) is 147 Å². The standard InChI is InChI=1S/C46H26O2S2/c1-3-12-29-27(10-1)41(32-15-8-18-40-43(32)34-20-19-25-21-22-49-45(25)46(34)50-40)28-11-2-4-13-30(28)42(29)33-16-7-14-31-36-24-38-35(23-39(36)48-44(31)33)26-9-5-6-17-37(26)47-38/h1-20,23-24H,21-22H2. The van der Waals surface area contributed by atoms with Gasteiger partial charge in [-0.3, -0.25) is 0 Å². The predicted octanol–water partition coefficient (Wildman–Crippen LogP) is 14.1. The highest BCUT2D eigenvalue weighted by Crippen LogP contribution is 2.51. The zero-order valence-corrected chi connectivity index (χ0v) is 28.4. The number of hydrogen-bond acceptors (Lipinski definition) is 4. The van der Waals surface area contributed by atoms with Gasteiger partial charge >= 0.3 is 0 Å². The molecule has 0 fully saturated rings. The molecule has 1 aliphatic heterocycles. The zero-order chi connectivity index (χ0) is 32.5. The molecule has 0 amide bonds. The Balaban J connectivity index is 1.18. The average Bonchev–Trinajstić information content (AvgIpc) is 3.95. The normalized spacial score (nSPS) is 13.4. The van der Waals surface area contributed by atoms with Crippen LogP contribution in [0.2, 0.25) is 0 Å². The number of furan rings is 2. The molecule has 0 saturated heterocycles. The van der Waals surface area contributed by atoms with E-state index in [-0.39, 0.29) is 0 Å². The highest BCUT2D eigenvalue weighted by atomic mass is 32.2. The molecule has 8 aromatic carbocycles. The van der Waals surface area contributed by atoms with Crippen LogP contribution in [-0.4, -0.2) is 5.75 Å². The van der Waals surface area contributed by atoms with Crippen LogP contribution >= 0.6 is 23.1 Å². The van der Waals surface area contributed by atoms with E-state index in [1.54, 1.807) is 0 Å². The summed E-state index contributed by atoms with van der Waals surface area (Å²) < 4.78 is 15.9. The smallest absolute Gasteiger partial charge is 0.143 e. The monoisotopic (exact) mass is 674 g/mol. The maximum Gasteiger partial charge on any atom is 0.143 e. The molecule has 1 aliphatic rings. The maximum absolute atomic E-state index is 6.87. The Morgan fingerprint density at radius 3 is 1.86 bits per heavy atom. The van der Waals surface area contributed by atoms with Crippen molar-refractivity contribution in [2.45, 2.75) is 11.3 Å². The van der Waals surface area contributed by atoms with E-state index in [0.29, 0.717) is 0 Å². The second-order valence-electron chi connectivity index (χ2n) is 13.4. The Labute approximate surface area is 294 Å². The third kappa shape index (κ3) is 3.59. The SMILES string of the molecule is c1ccc2c(c1)oc1cc3c(cc12)oc1c(-c2c4ccccc4c(-c4cccc5sc6c7c(ccc6c45)CCS7)c4ccccc24)cccc13. The molecule has 0 aliphatic carbocycles. The van der Waals surface area contributed by atoms with Crippen LogP contribution in [0, 0.1) is 0 Å². The van der Waals surface area contributed by atoms with Gasteiger partial charge in [0.15, 0.2) is 0 Å². The molecule has 4 heteroatoms. The van der Waals surface area contributed by atoms with E-state index in [0.717, 1.165) is 55.9 Å². The molecule has 12 rings (SSSR count). The van der Waals surface area contributed by atoms with E-state index in [1.165, 1.54) is 74.6 Å². The Hall–Kier alpha value is -5.55. The Morgan fingerprint density at radius 1 is 0.460 bits per heavy atom. The van der Waals surface area contributed by atoms with Gasteiger partial charge in [0.2, 0.25) is 0 Å². The number of rotatable bonds is 2. The summed E-state index contributed by atoms with van der Waals surface area (Å²) in [6, 6.07) is 48.6. The maximum atomic E-state index is 6.87. The average molecular weight is 675 g/mol. The van der Waals surface area contributed by atoms with Gasteiger partial charge in [-0.2, -0.15) is 0 Å². The van der Waals surface area contributed by atoms with Crippen molar-refractivity contribution in [3.8, 4) is 22.3 Å². The molecule has 50 heavy (non-hydrogen) atoms. The van der Waals surface area contributed by atoms with Crippen LogP contribution in [-0.2, 0) is 6.42 Å². The number of thiophene rings is 1. The highest BCUT2D eigenvalue weighted by molar-refractivity contribution is 8.00. The van der Waals surface area contributed by atoms with Crippen molar-refractivity contribution in [2.75, 3.05) is 5.75 Å². The summed E-state index contributed by atoms with van der Waals surface area (Å²) in [7, 11) is 0. The van der Waals surface area contributed by atoms with Crippen molar-refractivity contribution in [1.29, 1.82) is 0 Å². The molecule has 0 radical (unpaired) electrons. The van der Waals surface area contributed by atoms with Crippen LogP contribution < -0.4 is 0 Å². The summed E-state index contributed by atoms with van der Waals surface area (Å²) >= 11 is 3.97. The van der Waals surface area contributed by atoms with Gasteiger partial charge in [-0.25, -0.2) is 0 Å². The van der Waals surface area contributed by atoms with Gasteiger partial charge in [-0.1, -0.05) is 109 Å². The molecule has 0 saturated carbocycles. The molecule has 3 aromatic heterocycles. The summed E-state index contributed by atoms with van der Waals surface area (Å²) in [6.45, 7) is 0.